The van der Waals surface area contributed by atoms with Crippen LogP contribution in [0.4, 0.5) is 11.4 Å². The number of fused-ring (bicyclic) bond motifs is 2. The molecule has 4 rings (SSSR count). The molecule has 4 aromatic rings. The summed E-state index contributed by atoms with van der Waals surface area (Å²) in [6.07, 6.45) is 11.3. The molecule has 4 nitrogen and oxygen atoms in total. The van der Waals surface area contributed by atoms with Crippen LogP contribution < -0.4 is 10.6 Å². The predicted molar refractivity (Wildman–Crippen MR) is 128 cm³/mol. The van der Waals surface area contributed by atoms with Crippen LogP contribution in [0.3, 0.4) is 0 Å². The van der Waals surface area contributed by atoms with Gasteiger partial charge in [-0.15, -0.1) is 0 Å². The van der Waals surface area contributed by atoms with Crippen LogP contribution in [-0.4, -0.2) is 23.1 Å². The van der Waals surface area contributed by atoms with Crippen LogP contribution in [0, 0.1) is 0 Å². The summed E-state index contributed by atoms with van der Waals surface area (Å²) in [7, 11) is 0. The van der Waals surface area contributed by atoms with Crippen molar-refractivity contribution in [3.63, 3.8) is 0 Å². The molecule has 2 aromatic carbocycles. The van der Waals surface area contributed by atoms with Crippen LogP contribution in [0.1, 0.15) is 38.5 Å². The second-order valence-corrected chi connectivity index (χ2v) is 7.73. The van der Waals surface area contributed by atoms with Crippen molar-refractivity contribution in [1.29, 1.82) is 0 Å². The summed E-state index contributed by atoms with van der Waals surface area (Å²) in [6.45, 7) is 2.04. The van der Waals surface area contributed by atoms with Gasteiger partial charge in [-0.1, -0.05) is 62.1 Å². The van der Waals surface area contributed by atoms with E-state index in [1.54, 1.807) is 0 Å². The van der Waals surface area contributed by atoms with Crippen molar-refractivity contribution in [1.82, 2.24) is 9.97 Å². The number of hydrogen-bond donors (Lipinski definition) is 2. The van der Waals surface area contributed by atoms with E-state index in [9.17, 15) is 0 Å². The maximum atomic E-state index is 4.42. The van der Waals surface area contributed by atoms with E-state index in [-0.39, 0.29) is 0 Å². The average molecular weight is 399 g/mol. The zero-order valence-electron chi connectivity index (χ0n) is 17.5. The number of rotatable bonds is 11. The molecule has 0 saturated heterocycles. The molecule has 0 aliphatic carbocycles. The van der Waals surface area contributed by atoms with E-state index in [1.165, 1.54) is 60.7 Å². The fraction of sp³-hybridized carbons (Fsp3) is 0.308. The highest BCUT2D eigenvalue weighted by atomic mass is 14.9. The van der Waals surface area contributed by atoms with E-state index in [1.807, 2.05) is 24.5 Å². The fourth-order valence-corrected chi connectivity index (χ4v) is 3.90. The molecule has 0 unspecified atom stereocenters. The first-order valence-electron chi connectivity index (χ1n) is 11.1. The van der Waals surface area contributed by atoms with Gasteiger partial charge in [-0.2, -0.15) is 0 Å². The Morgan fingerprint density at radius 1 is 0.500 bits per heavy atom. The Morgan fingerprint density at radius 2 is 0.933 bits per heavy atom. The molecule has 154 valence electrons. The minimum Gasteiger partial charge on any atom is -0.384 e. The van der Waals surface area contributed by atoms with Crippen LogP contribution in [-0.2, 0) is 0 Å². The molecule has 0 aliphatic heterocycles. The van der Waals surface area contributed by atoms with E-state index < -0.39 is 0 Å². The van der Waals surface area contributed by atoms with E-state index in [0.29, 0.717) is 0 Å². The first-order valence-corrected chi connectivity index (χ1v) is 11.1. The van der Waals surface area contributed by atoms with Crippen LogP contribution in [0.2, 0.25) is 0 Å². The molecular weight excluding hydrogens is 368 g/mol. The minimum absolute atomic E-state index is 1.02. The lowest BCUT2D eigenvalue weighted by molar-refractivity contribution is 0.610. The number of aromatic nitrogens is 2. The summed E-state index contributed by atoms with van der Waals surface area (Å²) in [6, 6.07) is 20.7. The molecule has 30 heavy (non-hydrogen) atoms. The van der Waals surface area contributed by atoms with Gasteiger partial charge in [0.05, 0.1) is 11.0 Å². The lowest BCUT2D eigenvalue weighted by Gasteiger charge is -2.10. The number of para-hydroxylation sites is 2. The lowest BCUT2D eigenvalue weighted by atomic mass is 10.1. The number of benzene rings is 2. The SMILES string of the molecule is c1ccc2c(NCCCCCCCCNc3ccnc4ccccc34)ccnc2c1. The number of hydrogen-bond acceptors (Lipinski definition) is 4. The van der Waals surface area contributed by atoms with E-state index in [0.717, 1.165) is 24.1 Å². The highest BCUT2D eigenvalue weighted by Gasteiger charge is 2.01. The molecule has 0 aliphatic rings. The van der Waals surface area contributed by atoms with Gasteiger partial charge in [-0.3, -0.25) is 9.97 Å². The molecule has 2 N–H and O–H groups in total. The van der Waals surface area contributed by atoms with Crippen LogP contribution in [0.25, 0.3) is 21.8 Å². The molecule has 2 aromatic heterocycles. The molecule has 0 radical (unpaired) electrons. The van der Waals surface area contributed by atoms with Gasteiger partial charge < -0.3 is 10.6 Å². The maximum Gasteiger partial charge on any atom is 0.0722 e. The molecular formula is C26H30N4. The van der Waals surface area contributed by atoms with Crippen molar-refractivity contribution >= 4 is 33.2 Å². The summed E-state index contributed by atoms with van der Waals surface area (Å²) < 4.78 is 0. The van der Waals surface area contributed by atoms with Gasteiger partial charge in [0.15, 0.2) is 0 Å². The summed E-state index contributed by atoms with van der Waals surface area (Å²) in [4.78, 5) is 8.84. The Labute approximate surface area is 178 Å². The molecule has 0 bridgehead atoms. The van der Waals surface area contributed by atoms with Crippen molar-refractivity contribution in [2.75, 3.05) is 23.7 Å². The topological polar surface area (TPSA) is 49.8 Å². The third kappa shape index (κ3) is 5.26. The quantitative estimate of drug-likeness (QED) is 0.278. The summed E-state index contributed by atoms with van der Waals surface area (Å²) >= 11 is 0. The summed E-state index contributed by atoms with van der Waals surface area (Å²) in [5.74, 6) is 0. The zero-order chi connectivity index (χ0) is 20.4. The van der Waals surface area contributed by atoms with Gasteiger partial charge in [-0.25, -0.2) is 0 Å². The summed E-state index contributed by atoms with van der Waals surface area (Å²) in [5, 5.41) is 9.56. The van der Waals surface area contributed by atoms with Gasteiger partial charge in [0, 0.05) is 47.6 Å². The first kappa shape index (κ1) is 20.1. The Bertz CT molecular complexity index is 979. The van der Waals surface area contributed by atoms with Gasteiger partial charge in [0.2, 0.25) is 0 Å². The zero-order valence-corrected chi connectivity index (χ0v) is 17.5. The molecule has 0 spiro atoms. The summed E-state index contributed by atoms with van der Waals surface area (Å²) in [5.41, 5.74) is 4.48. The highest BCUT2D eigenvalue weighted by Crippen LogP contribution is 2.22. The number of unbranched alkanes of at least 4 members (excludes halogenated alkanes) is 5. The van der Waals surface area contributed by atoms with Crippen LogP contribution in [0.15, 0.2) is 73.1 Å². The fourth-order valence-electron chi connectivity index (χ4n) is 3.90. The van der Waals surface area contributed by atoms with Gasteiger partial charge >= 0.3 is 0 Å². The lowest BCUT2D eigenvalue weighted by Crippen LogP contribution is -2.03. The van der Waals surface area contributed by atoms with Crippen molar-refractivity contribution in [2.45, 2.75) is 38.5 Å². The highest BCUT2D eigenvalue weighted by molar-refractivity contribution is 5.91. The Balaban J connectivity index is 1.08. The molecule has 4 heteroatoms. The predicted octanol–water partition coefficient (Wildman–Crippen LogP) is 6.65. The third-order valence-corrected chi connectivity index (χ3v) is 5.53. The standard InChI is InChI=1S/C26H30N4/c1(3-9-17-27-25-15-19-29-23-13-7-5-11-21(23)25)2-4-10-18-28-26-16-20-30-24-14-8-6-12-22(24)26/h5-8,11-16,19-20H,1-4,9-10,17-18H2,(H,27,29)(H,28,30). The monoisotopic (exact) mass is 398 g/mol. The number of anilines is 2. The molecule has 0 atom stereocenters. The van der Waals surface area contributed by atoms with E-state index in [4.69, 9.17) is 0 Å². The van der Waals surface area contributed by atoms with Crippen molar-refractivity contribution in [3.8, 4) is 0 Å². The molecule has 0 fully saturated rings. The Kier molecular flexibility index (Phi) is 7.11. The average Bonchev–Trinajstić information content (AvgIpc) is 2.80. The Hall–Kier alpha value is -3.14. The first-order chi connectivity index (χ1) is 14.9. The van der Waals surface area contributed by atoms with Crippen molar-refractivity contribution in [3.05, 3.63) is 73.1 Å². The van der Waals surface area contributed by atoms with E-state index >= 15 is 0 Å². The largest absolute Gasteiger partial charge is 0.384 e. The van der Waals surface area contributed by atoms with Gasteiger partial charge in [0.25, 0.3) is 0 Å². The number of pyridine rings is 2. The molecule has 2 heterocycles. The van der Waals surface area contributed by atoms with Gasteiger partial charge in [-0.05, 0) is 37.1 Å². The normalized spacial score (nSPS) is 11.1. The Morgan fingerprint density at radius 3 is 1.43 bits per heavy atom. The number of nitrogens with one attached hydrogen (secondary N) is 2. The maximum absolute atomic E-state index is 4.42. The van der Waals surface area contributed by atoms with Crippen LogP contribution >= 0.6 is 0 Å². The third-order valence-electron chi connectivity index (χ3n) is 5.53. The van der Waals surface area contributed by atoms with E-state index in [2.05, 4.69) is 69.1 Å². The van der Waals surface area contributed by atoms with Crippen molar-refractivity contribution < 1.29 is 0 Å². The smallest absolute Gasteiger partial charge is 0.0722 e. The van der Waals surface area contributed by atoms with Crippen LogP contribution in [0.5, 0.6) is 0 Å². The van der Waals surface area contributed by atoms with Gasteiger partial charge in [0.1, 0.15) is 0 Å². The second-order valence-electron chi connectivity index (χ2n) is 7.73. The number of nitrogens with zero attached hydrogens (tertiary/aromatic N) is 2. The van der Waals surface area contributed by atoms with Crippen molar-refractivity contribution in [2.24, 2.45) is 0 Å². The second kappa shape index (κ2) is 10.6. The minimum atomic E-state index is 1.02. The molecule has 0 saturated carbocycles. The molecule has 0 amide bonds.